The summed E-state index contributed by atoms with van der Waals surface area (Å²) in [6, 6.07) is 36.5. The van der Waals surface area contributed by atoms with E-state index in [9.17, 15) is 0 Å². The Morgan fingerprint density at radius 1 is 0.556 bits per heavy atom. The van der Waals surface area contributed by atoms with Crippen LogP contribution in [0.2, 0.25) is 0 Å². The van der Waals surface area contributed by atoms with Crippen molar-refractivity contribution in [2.24, 2.45) is 29.6 Å². The lowest BCUT2D eigenvalue weighted by molar-refractivity contribution is 0.290. The Morgan fingerprint density at radius 3 is 2.28 bits per heavy atom. The quantitative estimate of drug-likeness (QED) is 0.188. The van der Waals surface area contributed by atoms with Crippen LogP contribution >= 0.6 is 0 Å². The van der Waals surface area contributed by atoms with Gasteiger partial charge in [-0.25, -0.2) is 0 Å². The molecule has 10 rings (SSSR count). The molecule has 0 nitrogen and oxygen atoms in total. The minimum absolute atomic E-state index is 0.326. The molecule has 6 unspecified atom stereocenters. The van der Waals surface area contributed by atoms with Crippen molar-refractivity contribution in [2.45, 2.75) is 57.3 Å². The number of benzene rings is 4. The molecule has 0 radical (unpaired) electrons. The maximum atomic E-state index is 2.65. The van der Waals surface area contributed by atoms with Gasteiger partial charge in [0.1, 0.15) is 0 Å². The molecule has 1 saturated carbocycles. The summed E-state index contributed by atoms with van der Waals surface area (Å²) in [5.74, 6) is 2.91. The number of allylic oxidation sites excluding steroid dienone is 18. The summed E-state index contributed by atoms with van der Waals surface area (Å²) in [5, 5.41) is 2.65. The van der Waals surface area contributed by atoms with Gasteiger partial charge >= 0.3 is 0 Å². The molecule has 0 heterocycles. The van der Waals surface area contributed by atoms with Gasteiger partial charge in [-0.05, 0) is 135 Å². The minimum atomic E-state index is 0.326. The second-order valence-electron chi connectivity index (χ2n) is 16.4. The molecule has 4 aromatic rings. The SMILES string of the molecule is C1=CCC(C2C3=CCC(c4ccc(C5=C6CCCCC6CC=C5)cc4)C(c4ccccc4)=C3C=CC2C2C=CC(c3cccc4ccccc34)=CC2)C=C1. The molecule has 0 N–H and O–H groups in total. The van der Waals surface area contributed by atoms with Crippen molar-refractivity contribution in [3.63, 3.8) is 0 Å². The van der Waals surface area contributed by atoms with Gasteiger partial charge in [0.05, 0.1) is 0 Å². The molecule has 0 amide bonds. The molecule has 6 aliphatic rings. The van der Waals surface area contributed by atoms with Crippen molar-refractivity contribution < 1.29 is 0 Å². The van der Waals surface area contributed by atoms with E-state index in [4.69, 9.17) is 0 Å². The molecule has 54 heavy (non-hydrogen) atoms. The van der Waals surface area contributed by atoms with Crippen LogP contribution in [0, 0.1) is 29.6 Å². The third-order valence-electron chi connectivity index (χ3n) is 13.5. The van der Waals surface area contributed by atoms with Crippen LogP contribution in [-0.2, 0) is 0 Å². The minimum Gasteiger partial charge on any atom is -0.0839 e. The normalized spacial score (nSPS) is 27.5. The highest BCUT2D eigenvalue weighted by Gasteiger charge is 2.40. The first kappa shape index (κ1) is 33.4. The number of hydrogen-bond acceptors (Lipinski definition) is 0. The van der Waals surface area contributed by atoms with Gasteiger partial charge in [-0.15, -0.1) is 0 Å². The largest absolute Gasteiger partial charge is 0.0839 e. The smallest absolute Gasteiger partial charge is 0.0136 e. The van der Waals surface area contributed by atoms with E-state index in [-0.39, 0.29) is 0 Å². The van der Waals surface area contributed by atoms with Crippen molar-refractivity contribution in [3.8, 4) is 0 Å². The summed E-state index contributed by atoms with van der Waals surface area (Å²) < 4.78 is 0. The Labute approximate surface area is 322 Å². The van der Waals surface area contributed by atoms with Crippen LogP contribution in [0.15, 0.2) is 187 Å². The lowest BCUT2D eigenvalue weighted by Crippen LogP contribution is -2.33. The maximum Gasteiger partial charge on any atom is 0.0136 e. The lowest BCUT2D eigenvalue weighted by Gasteiger charge is -2.43. The Morgan fingerprint density at radius 2 is 1.43 bits per heavy atom. The molecule has 0 saturated heterocycles. The van der Waals surface area contributed by atoms with E-state index in [1.807, 2.05) is 0 Å². The van der Waals surface area contributed by atoms with Gasteiger partial charge in [-0.2, -0.15) is 0 Å². The van der Waals surface area contributed by atoms with Gasteiger partial charge in [-0.1, -0.05) is 182 Å². The molecule has 266 valence electrons. The van der Waals surface area contributed by atoms with E-state index in [2.05, 4.69) is 170 Å². The molecule has 0 spiro atoms. The van der Waals surface area contributed by atoms with Crippen LogP contribution in [0.4, 0.5) is 0 Å². The summed E-state index contributed by atoms with van der Waals surface area (Å²) in [4.78, 5) is 0. The lowest BCUT2D eigenvalue weighted by atomic mass is 9.61. The third kappa shape index (κ3) is 6.11. The zero-order valence-corrected chi connectivity index (χ0v) is 31.3. The average molecular weight is 699 g/mol. The zero-order chi connectivity index (χ0) is 35.8. The second-order valence-corrected chi connectivity index (χ2v) is 16.4. The fourth-order valence-corrected chi connectivity index (χ4v) is 10.9. The summed E-state index contributed by atoms with van der Waals surface area (Å²) in [6.07, 6.45) is 39.3. The third-order valence-corrected chi connectivity index (χ3v) is 13.5. The van der Waals surface area contributed by atoms with Gasteiger partial charge in [0.25, 0.3) is 0 Å². The second kappa shape index (κ2) is 14.6. The topological polar surface area (TPSA) is 0 Å². The van der Waals surface area contributed by atoms with E-state index in [1.165, 1.54) is 87.4 Å². The number of fused-ring (bicyclic) bond motifs is 3. The fourth-order valence-electron chi connectivity index (χ4n) is 10.9. The molecule has 4 aromatic carbocycles. The Hall–Kier alpha value is -5.20. The molecule has 0 heteroatoms. The predicted octanol–water partition coefficient (Wildman–Crippen LogP) is 14.2. The predicted molar refractivity (Wildman–Crippen MR) is 230 cm³/mol. The van der Waals surface area contributed by atoms with Crippen LogP contribution in [-0.4, -0.2) is 0 Å². The molecule has 6 atom stereocenters. The van der Waals surface area contributed by atoms with E-state index in [0.29, 0.717) is 29.6 Å². The molecule has 0 aromatic heterocycles. The fraction of sp³-hybridized carbons (Fsp3) is 0.259. The van der Waals surface area contributed by atoms with Crippen LogP contribution in [0.25, 0.3) is 27.5 Å². The van der Waals surface area contributed by atoms with E-state index in [1.54, 1.807) is 11.1 Å². The summed E-state index contributed by atoms with van der Waals surface area (Å²) in [5.41, 5.74) is 14.6. The molecule has 6 aliphatic carbocycles. The Bertz CT molecular complexity index is 2340. The summed E-state index contributed by atoms with van der Waals surface area (Å²) in [6.45, 7) is 0. The standard InChI is InChI=1S/C54H50/c1-3-15-43(16-4-1)53-49(41-29-25-39(26-30-41)47-23-11-19-37-13-7-9-21-45(37)47)33-36-52-51(53)35-34-50(54(52)44-17-5-2-6-18-44)42-31-27-40(28-32-42)48-24-12-20-38-14-8-10-22-46(38)48/h1-7,9,11-13,15,17-19,21,23-29,31-33,35-36,38,41,43,49-50,53H,8,10,14,16,20,22,30,34H2. The number of hydrogen-bond donors (Lipinski definition) is 0. The molecular formula is C54H50. The van der Waals surface area contributed by atoms with Gasteiger partial charge < -0.3 is 0 Å². The first-order valence-corrected chi connectivity index (χ1v) is 20.7. The monoisotopic (exact) mass is 698 g/mol. The van der Waals surface area contributed by atoms with E-state index in [0.717, 1.165) is 25.2 Å². The van der Waals surface area contributed by atoms with Crippen molar-refractivity contribution in [2.75, 3.05) is 0 Å². The van der Waals surface area contributed by atoms with E-state index < -0.39 is 0 Å². The van der Waals surface area contributed by atoms with E-state index >= 15 is 0 Å². The highest BCUT2D eigenvalue weighted by atomic mass is 14.4. The molecule has 0 aliphatic heterocycles. The Kier molecular flexibility index (Phi) is 9.00. The maximum absolute atomic E-state index is 2.65. The summed E-state index contributed by atoms with van der Waals surface area (Å²) in [7, 11) is 0. The van der Waals surface area contributed by atoms with Crippen molar-refractivity contribution in [1.29, 1.82) is 0 Å². The molecular weight excluding hydrogens is 649 g/mol. The van der Waals surface area contributed by atoms with Crippen molar-refractivity contribution in [1.82, 2.24) is 0 Å². The first-order valence-electron chi connectivity index (χ1n) is 20.7. The highest BCUT2D eigenvalue weighted by molar-refractivity contribution is 5.96. The van der Waals surface area contributed by atoms with Crippen LogP contribution < -0.4 is 0 Å². The van der Waals surface area contributed by atoms with Crippen LogP contribution in [0.1, 0.15) is 79.5 Å². The molecule has 1 fully saturated rings. The van der Waals surface area contributed by atoms with Gasteiger partial charge in [0.15, 0.2) is 0 Å². The van der Waals surface area contributed by atoms with Crippen molar-refractivity contribution in [3.05, 3.63) is 209 Å². The van der Waals surface area contributed by atoms with Crippen molar-refractivity contribution >= 4 is 27.5 Å². The van der Waals surface area contributed by atoms with Crippen LogP contribution in [0.5, 0.6) is 0 Å². The highest BCUT2D eigenvalue weighted by Crippen LogP contribution is 2.53. The summed E-state index contributed by atoms with van der Waals surface area (Å²) >= 11 is 0. The van der Waals surface area contributed by atoms with Crippen LogP contribution in [0.3, 0.4) is 0 Å². The van der Waals surface area contributed by atoms with Gasteiger partial charge in [-0.3, -0.25) is 0 Å². The molecule has 0 bridgehead atoms. The Balaban J connectivity index is 1.01. The average Bonchev–Trinajstić information content (AvgIpc) is 3.26. The number of rotatable bonds is 6. The first-order chi connectivity index (χ1) is 26.8. The zero-order valence-electron chi connectivity index (χ0n) is 31.3. The van der Waals surface area contributed by atoms with Gasteiger partial charge in [0, 0.05) is 5.92 Å². The van der Waals surface area contributed by atoms with Gasteiger partial charge in [0.2, 0.25) is 0 Å².